The number of rotatable bonds is 6. The maximum absolute atomic E-state index is 8.59. The summed E-state index contributed by atoms with van der Waals surface area (Å²) in [4.78, 5) is 4.44. The Hall–Kier alpha value is -1.70. The summed E-state index contributed by atoms with van der Waals surface area (Å²) in [7, 11) is 1.61. The number of nitrogens with zero attached hydrogens (tertiary/aromatic N) is 2. The van der Waals surface area contributed by atoms with Crippen LogP contribution in [-0.2, 0) is 3.84 Å². The minimum absolute atomic E-state index is 0.425. The van der Waals surface area contributed by atoms with Crippen LogP contribution in [0.15, 0.2) is 36.4 Å². The third-order valence-corrected chi connectivity index (χ3v) is 5.50. The van der Waals surface area contributed by atoms with Gasteiger partial charge in [-0.05, 0) is 37.1 Å². The monoisotopic (exact) mass is 487 g/mol. The Bertz CT molecular complexity index is 839. The summed E-state index contributed by atoms with van der Waals surface area (Å²) in [5.41, 5.74) is 3.01. The van der Waals surface area contributed by atoms with Crippen molar-refractivity contribution in [2.75, 3.05) is 46.4 Å². The molecule has 170 valence electrons. The summed E-state index contributed by atoms with van der Waals surface area (Å²) in [6.07, 6.45) is 0. The van der Waals surface area contributed by atoms with E-state index in [0.29, 0.717) is 28.8 Å². The lowest BCUT2D eigenvalue weighted by Crippen LogP contribution is -2.49. The first kappa shape index (κ1) is 25.6. The zero-order chi connectivity index (χ0) is 22.8. The van der Waals surface area contributed by atoms with Gasteiger partial charge >= 0.3 is 0 Å². The molecule has 6 nitrogen and oxygen atoms in total. The van der Waals surface area contributed by atoms with E-state index in [-0.39, 0.29) is 0 Å². The van der Waals surface area contributed by atoms with Crippen molar-refractivity contribution in [3.05, 3.63) is 58.1 Å². The van der Waals surface area contributed by atoms with Crippen LogP contribution in [0.2, 0.25) is 5.02 Å². The molecule has 2 aromatic carbocycles. The summed E-state index contributed by atoms with van der Waals surface area (Å²) < 4.78 is 14.6. The fraction of sp³-hybridized carbons (Fsp3) is 0.409. The van der Waals surface area contributed by atoms with E-state index in [0.717, 1.165) is 38.5 Å². The number of halogens is 3. The number of nitrogens with one attached hydrogen (secondary N) is 1. The number of hydrogen-bond acceptors (Lipinski definition) is 5. The first-order valence-corrected chi connectivity index (χ1v) is 10.9. The second-order valence-corrected chi connectivity index (χ2v) is 8.00. The number of benzene rings is 2. The lowest BCUT2D eigenvalue weighted by Gasteiger charge is -2.36. The molecule has 0 amide bonds. The molecular formula is C22H28Cl3N3O3. The summed E-state index contributed by atoms with van der Waals surface area (Å²) in [5.74, 6) is 2.06. The summed E-state index contributed by atoms with van der Waals surface area (Å²) in [6.45, 7) is 9.07. The maximum atomic E-state index is 8.59. The second kappa shape index (κ2) is 13.0. The fourth-order valence-corrected chi connectivity index (χ4v) is 3.82. The summed E-state index contributed by atoms with van der Waals surface area (Å²) >= 11 is 14.9. The second-order valence-electron chi connectivity index (χ2n) is 7.12. The molecule has 1 aliphatic heterocycles. The number of hydrogen-bond donors (Lipinski definition) is 1. The van der Waals surface area contributed by atoms with Gasteiger partial charge in [0, 0.05) is 32.7 Å². The van der Waals surface area contributed by atoms with E-state index in [1.807, 2.05) is 12.1 Å². The highest BCUT2D eigenvalue weighted by molar-refractivity contribution is 6.34. The molecule has 1 heterocycles. The number of methoxy groups -OCH3 is 1. The van der Waals surface area contributed by atoms with Crippen molar-refractivity contribution in [3.63, 3.8) is 0 Å². The number of piperazine rings is 1. The Morgan fingerprint density at radius 1 is 1.00 bits per heavy atom. The molecule has 0 unspecified atom stereocenters. The van der Waals surface area contributed by atoms with Gasteiger partial charge in [0.15, 0.2) is 0 Å². The van der Waals surface area contributed by atoms with Crippen LogP contribution in [0.5, 0.6) is 11.5 Å². The van der Waals surface area contributed by atoms with Gasteiger partial charge in [-0.25, -0.2) is 0 Å². The predicted octanol–water partition coefficient (Wildman–Crippen LogP) is 5.30. The molecule has 0 aromatic heterocycles. The average molecular weight is 489 g/mol. The first-order chi connectivity index (χ1) is 14.9. The Kier molecular flexibility index (Phi) is 10.7. The third-order valence-electron chi connectivity index (χ3n) is 5.18. The number of aryl methyl sites for hydroxylation is 2. The fourth-order valence-electron chi connectivity index (χ4n) is 3.56. The van der Waals surface area contributed by atoms with Crippen LogP contribution in [-0.4, -0.2) is 62.1 Å². The van der Waals surface area contributed by atoms with Crippen molar-refractivity contribution in [1.29, 1.82) is 5.41 Å². The van der Waals surface area contributed by atoms with Crippen molar-refractivity contribution >= 4 is 41.2 Å². The quantitative estimate of drug-likeness (QED) is 0.442. The van der Waals surface area contributed by atoms with Crippen molar-refractivity contribution in [1.82, 2.24) is 9.80 Å². The predicted molar refractivity (Wildman–Crippen MR) is 127 cm³/mol. The molecule has 3 rings (SSSR count). The Balaban J connectivity index is 0.00000107. The van der Waals surface area contributed by atoms with E-state index >= 15 is 0 Å². The SMILES string of the molecule is COc1cccc(Cl)c1C(=N)N1CCN(CCOc2c(C)cccc2C)CC1.ClOCl. The maximum Gasteiger partial charge on any atom is 0.133 e. The van der Waals surface area contributed by atoms with Crippen molar-refractivity contribution in [2.24, 2.45) is 0 Å². The molecular weight excluding hydrogens is 461 g/mol. The van der Waals surface area contributed by atoms with Crippen molar-refractivity contribution in [3.8, 4) is 11.5 Å². The van der Waals surface area contributed by atoms with Gasteiger partial charge in [-0.1, -0.05) is 35.9 Å². The van der Waals surface area contributed by atoms with E-state index in [1.54, 1.807) is 13.2 Å². The molecule has 1 saturated heterocycles. The van der Waals surface area contributed by atoms with Crippen LogP contribution in [0, 0.1) is 19.3 Å². The molecule has 0 spiro atoms. The Morgan fingerprint density at radius 3 is 2.16 bits per heavy atom. The highest BCUT2D eigenvalue weighted by Crippen LogP contribution is 2.28. The summed E-state index contributed by atoms with van der Waals surface area (Å²) in [5, 5.41) is 9.14. The zero-order valence-corrected chi connectivity index (χ0v) is 20.2. The first-order valence-electron chi connectivity index (χ1n) is 9.90. The van der Waals surface area contributed by atoms with Crippen LogP contribution in [0.25, 0.3) is 0 Å². The van der Waals surface area contributed by atoms with E-state index in [9.17, 15) is 0 Å². The standard InChI is InChI=1S/C22H28ClN3O2.Cl2O/c1-16-6-4-7-17(2)21(16)28-15-14-25-10-12-26(13-11-25)22(24)20-18(23)8-5-9-19(20)27-3;1-3-2/h4-9,24H,10-15H2,1-3H3;. The minimum atomic E-state index is 0.425. The normalized spacial score (nSPS) is 13.9. The van der Waals surface area contributed by atoms with Gasteiger partial charge in [-0.2, -0.15) is 3.84 Å². The molecule has 0 radical (unpaired) electrons. The third kappa shape index (κ3) is 7.16. The zero-order valence-electron chi connectivity index (χ0n) is 18.0. The number of amidine groups is 1. The Morgan fingerprint density at radius 2 is 1.58 bits per heavy atom. The molecule has 1 aliphatic rings. The lowest BCUT2D eigenvalue weighted by atomic mass is 10.1. The van der Waals surface area contributed by atoms with Gasteiger partial charge in [0.25, 0.3) is 0 Å². The lowest BCUT2D eigenvalue weighted by molar-refractivity contribution is 0.153. The Labute approximate surface area is 199 Å². The number of para-hydroxylation sites is 1. The molecule has 1 N–H and O–H groups in total. The van der Waals surface area contributed by atoms with E-state index < -0.39 is 0 Å². The van der Waals surface area contributed by atoms with Crippen LogP contribution >= 0.6 is 35.3 Å². The van der Waals surface area contributed by atoms with E-state index in [1.165, 1.54) is 11.1 Å². The molecule has 0 aliphatic carbocycles. The van der Waals surface area contributed by atoms with E-state index in [2.05, 4.69) is 69.4 Å². The van der Waals surface area contributed by atoms with Gasteiger partial charge in [0.05, 0.1) is 41.4 Å². The van der Waals surface area contributed by atoms with Crippen LogP contribution < -0.4 is 9.47 Å². The summed E-state index contributed by atoms with van der Waals surface area (Å²) in [6, 6.07) is 11.7. The van der Waals surface area contributed by atoms with Gasteiger partial charge in [0.1, 0.15) is 23.9 Å². The van der Waals surface area contributed by atoms with Gasteiger partial charge < -0.3 is 14.4 Å². The molecule has 31 heavy (non-hydrogen) atoms. The smallest absolute Gasteiger partial charge is 0.133 e. The largest absolute Gasteiger partial charge is 0.496 e. The highest BCUT2D eigenvalue weighted by Gasteiger charge is 2.23. The van der Waals surface area contributed by atoms with Crippen LogP contribution in [0.4, 0.5) is 0 Å². The van der Waals surface area contributed by atoms with Crippen LogP contribution in [0.1, 0.15) is 16.7 Å². The highest BCUT2D eigenvalue weighted by atomic mass is 35.6. The molecule has 9 heteroatoms. The number of ether oxygens (including phenoxy) is 2. The van der Waals surface area contributed by atoms with Gasteiger partial charge in [-0.15, -0.1) is 0 Å². The molecule has 0 bridgehead atoms. The topological polar surface area (TPSA) is 58.0 Å². The van der Waals surface area contributed by atoms with Gasteiger partial charge in [0.2, 0.25) is 0 Å². The van der Waals surface area contributed by atoms with Crippen molar-refractivity contribution in [2.45, 2.75) is 13.8 Å². The average Bonchev–Trinajstić information content (AvgIpc) is 2.76. The molecule has 2 aromatic rings. The molecule has 0 atom stereocenters. The molecule has 1 fully saturated rings. The van der Waals surface area contributed by atoms with Gasteiger partial charge in [-0.3, -0.25) is 10.3 Å². The minimum Gasteiger partial charge on any atom is -0.496 e. The van der Waals surface area contributed by atoms with Crippen molar-refractivity contribution < 1.29 is 13.3 Å². The molecule has 0 saturated carbocycles. The van der Waals surface area contributed by atoms with Crippen LogP contribution in [0.3, 0.4) is 0 Å². The van der Waals surface area contributed by atoms with E-state index in [4.69, 9.17) is 26.5 Å².